The van der Waals surface area contributed by atoms with Crippen molar-refractivity contribution in [3.63, 3.8) is 0 Å². The van der Waals surface area contributed by atoms with E-state index < -0.39 is 0 Å². The van der Waals surface area contributed by atoms with Crippen LogP contribution in [0.3, 0.4) is 0 Å². The summed E-state index contributed by atoms with van der Waals surface area (Å²) >= 11 is 0. The van der Waals surface area contributed by atoms with Gasteiger partial charge in [-0.05, 0) is 45.0 Å². The standard InChI is InChI=1S/C15H20N2/c1-17-11-6-5-9-15(13-16,10-12-17)14-7-3-2-4-8-14/h2-4,7-8H,5-6,9-12H2,1H3. The maximum Gasteiger partial charge on any atom is 0.0834 e. The smallest absolute Gasteiger partial charge is 0.0834 e. The van der Waals surface area contributed by atoms with Gasteiger partial charge < -0.3 is 4.90 Å². The molecule has 1 aliphatic heterocycles. The molecule has 0 bridgehead atoms. The summed E-state index contributed by atoms with van der Waals surface area (Å²) in [5.41, 5.74) is 0.924. The minimum atomic E-state index is -0.268. The SMILES string of the molecule is CN1CCCCC(C#N)(c2ccccc2)CC1. The van der Waals surface area contributed by atoms with Crippen LogP contribution in [0.25, 0.3) is 0 Å². The first-order valence-electron chi connectivity index (χ1n) is 6.42. The molecule has 1 heterocycles. The van der Waals surface area contributed by atoms with Gasteiger partial charge in [0.25, 0.3) is 0 Å². The highest BCUT2D eigenvalue weighted by Gasteiger charge is 2.32. The minimum Gasteiger partial charge on any atom is -0.306 e. The maximum atomic E-state index is 9.63. The number of rotatable bonds is 1. The van der Waals surface area contributed by atoms with Gasteiger partial charge in [0, 0.05) is 0 Å². The zero-order valence-electron chi connectivity index (χ0n) is 10.5. The third-order valence-corrected chi connectivity index (χ3v) is 3.85. The van der Waals surface area contributed by atoms with Crippen LogP contribution in [0.5, 0.6) is 0 Å². The van der Waals surface area contributed by atoms with E-state index in [1.165, 1.54) is 12.0 Å². The third-order valence-electron chi connectivity index (χ3n) is 3.85. The fraction of sp³-hybridized carbons (Fsp3) is 0.533. The molecule has 0 N–H and O–H groups in total. The number of hydrogen-bond acceptors (Lipinski definition) is 2. The van der Waals surface area contributed by atoms with Crippen LogP contribution >= 0.6 is 0 Å². The van der Waals surface area contributed by atoms with Crippen LogP contribution in [-0.4, -0.2) is 25.0 Å². The van der Waals surface area contributed by atoms with E-state index in [1.54, 1.807) is 0 Å². The Balaban J connectivity index is 2.26. The molecule has 1 saturated heterocycles. The Kier molecular flexibility index (Phi) is 3.81. The monoisotopic (exact) mass is 228 g/mol. The van der Waals surface area contributed by atoms with E-state index in [-0.39, 0.29) is 5.41 Å². The Bertz CT molecular complexity index is 393. The van der Waals surface area contributed by atoms with Crippen LogP contribution in [0.4, 0.5) is 0 Å². The largest absolute Gasteiger partial charge is 0.306 e. The maximum absolute atomic E-state index is 9.63. The zero-order valence-corrected chi connectivity index (χ0v) is 10.5. The van der Waals surface area contributed by atoms with Gasteiger partial charge in [-0.2, -0.15) is 5.26 Å². The van der Waals surface area contributed by atoms with Gasteiger partial charge in [0.2, 0.25) is 0 Å². The molecule has 1 aromatic carbocycles. The van der Waals surface area contributed by atoms with Gasteiger partial charge in [0.15, 0.2) is 0 Å². The molecular formula is C15H20N2. The molecule has 2 rings (SSSR count). The highest BCUT2D eigenvalue weighted by atomic mass is 15.1. The van der Waals surface area contributed by atoms with Crippen molar-refractivity contribution in [2.45, 2.75) is 31.1 Å². The van der Waals surface area contributed by atoms with Crippen LogP contribution in [0.2, 0.25) is 0 Å². The van der Waals surface area contributed by atoms with E-state index in [0.29, 0.717) is 0 Å². The van der Waals surface area contributed by atoms with Crippen molar-refractivity contribution in [1.82, 2.24) is 4.90 Å². The summed E-state index contributed by atoms with van der Waals surface area (Å²) < 4.78 is 0. The van der Waals surface area contributed by atoms with E-state index in [1.807, 2.05) is 18.2 Å². The summed E-state index contributed by atoms with van der Waals surface area (Å²) in [6.07, 6.45) is 4.30. The summed E-state index contributed by atoms with van der Waals surface area (Å²) in [4.78, 5) is 2.34. The Morgan fingerprint density at radius 1 is 1.12 bits per heavy atom. The van der Waals surface area contributed by atoms with Gasteiger partial charge >= 0.3 is 0 Å². The van der Waals surface area contributed by atoms with Crippen molar-refractivity contribution in [2.24, 2.45) is 0 Å². The normalized spacial score (nSPS) is 26.8. The predicted molar refractivity (Wildman–Crippen MR) is 69.7 cm³/mol. The molecule has 0 spiro atoms. The molecule has 1 fully saturated rings. The van der Waals surface area contributed by atoms with Crippen LogP contribution < -0.4 is 0 Å². The van der Waals surface area contributed by atoms with Crippen molar-refractivity contribution in [2.75, 3.05) is 20.1 Å². The molecule has 1 aliphatic rings. The van der Waals surface area contributed by atoms with Crippen molar-refractivity contribution in [3.05, 3.63) is 35.9 Å². The molecule has 0 aliphatic carbocycles. The van der Waals surface area contributed by atoms with Crippen LogP contribution in [-0.2, 0) is 5.41 Å². The van der Waals surface area contributed by atoms with E-state index in [2.05, 4.69) is 30.1 Å². The quantitative estimate of drug-likeness (QED) is 0.739. The molecule has 0 amide bonds. The summed E-state index contributed by atoms with van der Waals surface area (Å²) in [5, 5.41) is 9.63. The molecule has 90 valence electrons. The van der Waals surface area contributed by atoms with Gasteiger partial charge in [0.1, 0.15) is 0 Å². The van der Waals surface area contributed by atoms with Crippen molar-refractivity contribution < 1.29 is 0 Å². The number of likely N-dealkylation sites (tertiary alicyclic amines) is 1. The number of benzene rings is 1. The fourth-order valence-electron chi connectivity index (χ4n) is 2.65. The first-order chi connectivity index (χ1) is 8.27. The molecule has 2 heteroatoms. The van der Waals surface area contributed by atoms with Crippen molar-refractivity contribution >= 4 is 0 Å². The minimum absolute atomic E-state index is 0.268. The number of nitriles is 1. The summed E-state index contributed by atoms with van der Waals surface area (Å²) in [7, 11) is 2.15. The van der Waals surface area contributed by atoms with E-state index in [4.69, 9.17) is 0 Å². The van der Waals surface area contributed by atoms with Crippen LogP contribution in [0.1, 0.15) is 31.2 Å². The van der Waals surface area contributed by atoms with E-state index in [9.17, 15) is 5.26 Å². The molecule has 0 saturated carbocycles. The summed E-state index contributed by atoms with van der Waals surface area (Å²) in [5.74, 6) is 0. The van der Waals surface area contributed by atoms with Crippen molar-refractivity contribution in [1.29, 1.82) is 5.26 Å². The predicted octanol–water partition coefficient (Wildman–Crippen LogP) is 2.95. The van der Waals surface area contributed by atoms with Crippen LogP contribution in [0.15, 0.2) is 30.3 Å². The van der Waals surface area contributed by atoms with Gasteiger partial charge in [-0.15, -0.1) is 0 Å². The van der Waals surface area contributed by atoms with Gasteiger partial charge in [0.05, 0.1) is 11.5 Å². The van der Waals surface area contributed by atoms with Gasteiger partial charge in [-0.25, -0.2) is 0 Å². The summed E-state index contributed by atoms with van der Waals surface area (Å²) in [6.45, 7) is 2.18. The second-order valence-corrected chi connectivity index (χ2v) is 5.07. The molecule has 1 unspecified atom stereocenters. The van der Waals surface area contributed by atoms with Gasteiger partial charge in [-0.1, -0.05) is 36.8 Å². The molecule has 1 aromatic rings. The van der Waals surface area contributed by atoms with E-state index in [0.717, 1.165) is 32.4 Å². The summed E-state index contributed by atoms with van der Waals surface area (Å²) in [6, 6.07) is 12.9. The number of hydrogen-bond donors (Lipinski definition) is 0. The fourth-order valence-corrected chi connectivity index (χ4v) is 2.65. The lowest BCUT2D eigenvalue weighted by Crippen LogP contribution is -2.33. The average molecular weight is 228 g/mol. The highest BCUT2D eigenvalue weighted by Crippen LogP contribution is 2.34. The molecular weight excluding hydrogens is 208 g/mol. The van der Waals surface area contributed by atoms with Gasteiger partial charge in [-0.3, -0.25) is 0 Å². The zero-order chi connectivity index (χ0) is 12.1. The molecule has 1 atom stereocenters. The Labute approximate surface area is 104 Å². The molecule has 2 nitrogen and oxygen atoms in total. The molecule has 0 radical (unpaired) electrons. The first kappa shape index (κ1) is 12.1. The van der Waals surface area contributed by atoms with Crippen molar-refractivity contribution in [3.8, 4) is 6.07 Å². The lowest BCUT2D eigenvalue weighted by Gasteiger charge is -2.32. The molecule has 17 heavy (non-hydrogen) atoms. The lowest BCUT2D eigenvalue weighted by molar-refractivity contribution is 0.259. The van der Waals surface area contributed by atoms with E-state index >= 15 is 0 Å². The highest BCUT2D eigenvalue weighted by molar-refractivity contribution is 5.32. The second-order valence-electron chi connectivity index (χ2n) is 5.07. The Morgan fingerprint density at radius 3 is 2.59 bits per heavy atom. The Hall–Kier alpha value is -1.33. The topological polar surface area (TPSA) is 27.0 Å². The van der Waals surface area contributed by atoms with Crippen LogP contribution in [0, 0.1) is 11.3 Å². The molecule has 0 aromatic heterocycles. The Morgan fingerprint density at radius 2 is 1.88 bits per heavy atom. The average Bonchev–Trinajstić information content (AvgIpc) is 2.37. The lowest BCUT2D eigenvalue weighted by atomic mass is 9.74. The first-order valence-corrected chi connectivity index (χ1v) is 6.42. The second kappa shape index (κ2) is 5.33. The third kappa shape index (κ3) is 2.68. The number of nitrogens with zero attached hydrogens (tertiary/aromatic N) is 2.